The Morgan fingerprint density at radius 3 is 2.55 bits per heavy atom. The summed E-state index contributed by atoms with van der Waals surface area (Å²) in [5.74, 6) is 0.306. The minimum Gasteiger partial charge on any atom is -0.350 e. The molecule has 2 fully saturated rings. The van der Waals surface area contributed by atoms with E-state index >= 15 is 0 Å². The summed E-state index contributed by atoms with van der Waals surface area (Å²) in [6.45, 7) is 3.22. The highest BCUT2D eigenvalue weighted by atomic mass is 32.1. The number of carbonyl (C=O) groups excluding carboxylic acids is 2. The van der Waals surface area contributed by atoms with Crippen molar-refractivity contribution >= 4 is 23.2 Å². The highest BCUT2D eigenvalue weighted by Gasteiger charge is 2.37. The van der Waals surface area contributed by atoms with Gasteiger partial charge in [-0.15, -0.1) is 11.3 Å². The molecule has 1 saturated heterocycles. The van der Waals surface area contributed by atoms with Crippen LogP contribution in [0.1, 0.15) is 56.2 Å². The van der Waals surface area contributed by atoms with Crippen LogP contribution in [0.25, 0.3) is 10.4 Å². The van der Waals surface area contributed by atoms with Gasteiger partial charge in [-0.3, -0.25) is 9.59 Å². The number of benzene rings is 1. The molecule has 6 heteroatoms. The van der Waals surface area contributed by atoms with Crippen molar-refractivity contribution in [3.8, 4) is 10.4 Å². The number of hydrogen-bond donors (Lipinski definition) is 1. The van der Waals surface area contributed by atoms with Gasteiger partial charge in [0.1, 0.15) is 6.04 Å². The number of nitrogens with zero attached hydrogens (tertiary/aromatic N) is 2. The van der Waals surface area contributed by atoms with Gasteiger partial charge in [0.2, 0.25) is 11.8 Å². The zero-order chi connectivity index (χ0) is 20.2. The predicted octanol–water partition coefficient (Wildman–Crippen LogP) is 4.31. The van der Waals surface area contributed by atoms with Gasteiger partial charge in [-0.2, -0.15) is 0 Å². The largest absolute Gasteiger partial charge is 0.350 e. The summed E-state index contributed by atoms with van der Waals surface area (Å²) in [6, 6.07) is 7.96. The lowest BCUT2D eigenvalue weighted by Crippen LogP contribution is -2.47. The summed E-state index contributed by atoms with van der Waals surface area (Å²) in [4.78, 5) is 33.0. The molecule has 1 aromatic heterocycles. The molecule has 2 aliphatic rings. The van der Waals surface area contributed by atoms with Crippen LogP contribution in [0.3, 0.4) is 0 Å². The molecule has 1 aliphatic heterocycles. The number of amides is 2. The summed E-state index contributed by atoms with van der Waals surface area (Å²) in [7, 11) is 0. The van der Waals surface area contributed by atoms with Gasteiger partial charge in [-0.25, -0.2) is 4.98 Å². The molecular weight excluding hydrogens is 382 g/mol. The molecule has 2 aromatic rings. The second-order valence-electron chi connectivity index (χ2n) is 8.21. The molecule has 0 spiro atoms. The van der Waals surface area contributed by atoms with Gasteiger partial charge < -0.3 is 10.2 Å². The molecule has 1 N–H and O–H groups in total. The van der Waals surface area contributed by atoms with Gasteiger partial charge >= 0.3 is 0 Å². The minimum atomic E-state index is -0.302. The topological polar surface area (TPSA) is 62.3 Å². The van der Waals surface area contributed by atoms with E-state index in [4.69, 9.17) is 0 Å². The minimum absolute atomic E-state index is 0.0194. The number of aromatic nitrogens is 1. The third-order valence-electron chi connectivity index (χ3n) is 6.22. The fourth-order valence-electron chi connectivity index (χ4n) is 4.55. The smallest absolute Gasteiger partial charge is 0.243 e. The van der Waals surface area contributed by atoms with Gasteiger partial charge in [0.05, 0.1) is 16.1 Å². The van der Waals surface area contributed by atoms with E-state index in [0.717, 1.165) is 61.9 Å². The maximum Gasteiger partial charge on any atom is 0.243 e. The van der Waals surface area contributed by atoms with Crippen LogP contribution in [-0.2, 0) is 16.1 Å². The average Bonchev–Trinajstić information content (AvgIpc) is 3.42. The van der Waals surface area contributed by atoms with Gasteiger partial charge in [0, 0.05) is 19.0 Å². The molecule has 1 saturated carbocycles. The Morgan fingerprint density at radius 2 is 1.86 bits per heavy atom. The van der Waals surface area contributed by atoms with E-state index in [2.05, 4.69) is 22.4 Å². The number of aryl methyl sites for hydroxylation is 1. The zero-order valence-corrected chi connectivity index (χ0v) is 17.8. The summed E-state index contributed by atoms with van der Waals surface area (Å²) >= 11 is 1.64. The first-order valence-corrected chi connectivity index (χ1v) is 11.6. The first-order chi connectivity index (χ1) is 14.1. The molecule has 154 valence electrons. The first kappa shape index (κ1) is 20.1. The van der Waals surface area contributed by atoms with Crippen LogP contribution in [0.4, 0.5) is 0 Å². The number of likely N-dealkylation sites (tertiary alicyclic amines) is 1. The molecule has 29 heavy (non-hydrogen) atoms. The molecular formula is C23H29N3O2S. The van der Waals surface area contributed by atoms with Crippen molar-refractivity contribution in [2.24, 2.45) is 5.92 Å². The van der Waals surface area contributed by atoms with Crippen LogP contribution < -0.4 is 5.32 Å². The molecule has 1 atom stereocenters. The van der Waals surface area contributed by atoms with Crippen LogP contribution in [0, 0.1) is 12.8 Å². The highest BCUT2D eigenvalue weighted by Crippen LogP contribution is 2.29. The number of thiazole rings is 1. The third kappa shape index (κ3) is 4.53. The molecule has 1 aliphatic carbocycles. The highest BCUT2D eigenvalue weighted by molar-refractivity contribution is 7.13. The van der Waals surface area contributed by atoms with E-state index in [1.165, 1.54) is 11.3 Å². The van der Waals surface area contributed by atoms with Crippen molar-refractivity contribution < 1.29 is 9.59 Å². The van der Waals surface area contributed by atoms with Crippen molar-refractivity contribution in [2.75, 3.05) is 6.54 Å². The van der Waals surface area contributed by atoms with E-state index in [-0.39, 0.29) is 23.8 Å². The first-order valence-electron chi connectivity index (χ1n) is 10.7. The average molecular weight is 412 g/mol. The number of carbonyl (C=O) groups is 2. The SMILES string of the molecule is Cc1ncsc1-c1ccc(CNC(=O)[C@@H]2CCCN2C(=O)C2CCCCC2)cc1. The lowest BCUT2D eigenvalue weighted by molar-refractivity contribution is -0.142. The predicted molar refractivity (Wildman–Crippen MR) is 115 cm³/mol. The van der Waals surface area contributed by atoms with Crippen LogP contribution in [0.15, 0.2) is 29.8 Å². The number of nitrogens with one attached hydrogen (secondary N) is 1. The van der Waals surface area contributed by atoms with Gasteiger partial charge in [0.15, 0.2) is 0 Å². The molecule has 2 amide bonds. The van der Waals surface area contributed by atoms with Crippen molar-refractivity contribution in [3.63, 3.8) is 0 Å². The Kier molecular flexibility index (Phi) is 6.28. The quantitative estimate of drug-likeness (QED) is 0.798. The maximum absolute atomic E-state index is 12.9. The van der Waals surface area contributed by atoms with Crippen LogP contribution in [0.5, 0.6) is 0 Å². The summed E-state index contributed by atoms with van der Waals surface area (Å²) in [6.07, 6.45) is 7.16. The molecule has 2 heterocycles. The normalized spacial score (nSPS) is 20.0. The molecule has 0 radical (unpaired) electrons. The fraction of sp³-hybridized carbons (Fsp3) is 0.522. The van der Waals surface area contributed by atoms with Crippen LogP contribution in [-0.4, -0.2) is 34.3 Å². The van der Waals surface area contributed by atoms with Crippen molar-refractivity contribution in [3.05, 3.63) is 41.0 Å². The summed E-state index contributed by atoms with van der Waals surface area (Å²) < 4.78 is 0. The summed E-state index contributed by atoms with van der Waals surface area (Å²) in [5.41, 5.74) is 5.12. The summed E-state index contributed by atoms with van der Waals surface area (Å²) in [5, 5.41) is 3.05. The molecule has 5 nitrogen and oxygen atoms in total. The van der Waals surface area contributed by atoms with Gasteiger partial charge in [-0.1, -0.05) is 43.5 Å². The molecule has 4 rings (SSSR count). The monoisotopic (exact) mass is 411 g/mol. The Morgan fingerprint density at radius 1 is 1.10 bits per heavy atom. The Hall–Kier alpha value is -2.21. The fourth-order valence-corrected chi connectivity index (χ4v) is 5.36. The van der Waals surface area contributed by atoms with Crippen molar-refractivity contribution in [1.82, 2.24) is 15.2 Å². The standard InChI is InChI=1S/C23H29N3O2S/c1-16-21(29-15-25-16)18-11-9-17(10-12-18)14-24-22(27)20-8-5-13-26(20)23(28)19-6-3-2-4-7-19/h9-12,15,19-20H,2-8,13-14H2,1H3,(H,24,27)/t20-/m0/s1. The van der Waals surface area contributed by atoms with E-state index in [1.807, 2.05) is 29.5 Å². The Labute approximate surface area is 176 Å². The second-order valence-corrected chi connectivity index (χ2v) is 9.06. The van der Waals surface area contributed by atoms with Crippen LogP contribution >= 0.6 is 11.3 Å². The van der Waals surface area contributed by atoms with Crippen LogP contribution in [0.2, 0.25) is 0 Å². The van der Waals surface area contributed by atoms with Crippen molar-refractivity contribution in [2.45, 2.75) is 64.5 Å². The molecule has 0 bridgehead atoms. The zero-order valence-electron chi connectivity index (χ0n) is 17.0. The lowest BCUT2D eigenvalue weighted by Gasteiger charge is -2.30. The Balaban J connectivity index is 1.34. The Bertz CT molecular complexity index is 855. The second kappa shape index (κ2) is 9.08. The molecule has 0 unspecified atom stereocenters. The third-order valence-corrected chi connectivity index (χ3v) is 7.20. The van der Waals surface area contributed by atoms with Gasteiger partial charge in [0.25, 0.3) is 0 Å². The van der Waals surface area contributed by atoms with Gasteiger partial charge in [-0.05, 0) is 43.7 Å². The van der Waals surface area contributed by atoms with E-state index < -0.39 is 0 Å². The van der Waals surface area contributed by atoms with E-state index in [1.54, 1.807) is 11.3 Å². The van der Waals surface area contributed by atoms with E-state index in [9.17, 15) is 9.59 Å². The van der Waals surface area contributed by atoms with Crippen molar-refractivity contribution in [1.29, 1.82) is 0 Å². The number of hydrogen-bond acceptors (Lipinski definition) is 4. The maximum atomic E-state index is 12.9. The number of rotatable bonds is 5. The lowest BCUT2D eigenvalue weighted by atomic mass is 9.88. The molecule has 1 aromatic carbocycles. The van der Waals surface area contributed by atoms with E-state index in [0.29, 0.717) is 6.54 Å².